The lowest BCUT2D eigenvalue weighted by Crippen LogP contribution is -2.32. The minimum absolute atomic E-state index is 0.0146. The van der Waals surface area contributed by atoms with Crippen LogP contribution in [-0.4, -0.2) is 56.7 Å². The van der Waals surface area contributed by atoms with Crippen LogP contribution in [0.3, 0.4) is 0 Å². The van der Waals surface area contributed by atoms with Crippen LogP contribution in [0.5, 0.6) is 5.75 Å². The summed E-state index contributed by atoms with van der Waals surface area (Å²) in [5.74, 6) is 0.276. The lowest BCUT2D eigenvalue weighted by atomic mass is 10.0. The molecule has 0 aliphatic carbocycles. The second kappa shape index (κ2) is 11.1. The van der Waals surface area contributed by atoms with Gasteiger partial charge in [0.2, 0.25) is 0 Å². The molecule has 2 aliphatic heterocycles. The number of hydrogen-bond donors (Lipinski definition) is 0. The molecule has 0 aromatic heterocycles. The van der Waals surface area contributed by atoms with Gasteiger partial charge in [-0.2, -0.15) is 0 Å². The summed E-state index contributed by atoms with van der Waals surface area (Å²) in [6.45, 7) is 7.46. The highest BCUT2D eigenvalue weighted by atomic mass is 16.6. The van der Waals surface area contributed by atoms with Gasteiger partial charge in [0.15, 0.2) is 6.10 Å². The zero-order chi connectivity index (χ0) is 21.3. The number of rotatable bonds is 11. The Kier molecular flexibility index (Phi) is 8.28. The number of ether oxygens (including phenoxy) is 5. The highest BCUT2D eigenvalue weighted by Crippen LogP contribution is 2.32. The van der Waals surface area contributed by atoms with Gasteiger partial charge in [-0.25, -0.2) is 9.59 Å². The minimum Gasteiger partial charge on any atom is -0.494 e. The second-order valence-corrected chi connectivity index (χ2v) is 7.68. The molecule has 7 nitrogen and oxygen atoms in total. The lowest BCUT2D eigenvalue weighted by molar-refractivity contribution is -0.137. The molecule has 0 radical (unpaired) electrons. The Hall–Kier alpha value is -2.38. The Balaban J connectivity index is 1.31. The van der Waals surface area contributed by atoms with Crippen molar-refractivity contribution in [3.05, 3.63) is 42.5 Å². The van der Waals surface area contributed by atoms with E-state index in [2.05, 4.69) is 13.5 Å². The maximum Gasteiger partial charge on any atom is 0.338 e. The summed E-state index contributed by atoms with van der Waals surface area (Å²) < 4.78 is 27.7. The first-order valence-corrected chi connectivity index (χ1v) is 10.5. The topological polar surface area (TPSA) is 80.3 Å². The van der Waals surface area contributed by atoms with Gasteiger partial charge in [0, 0.05) is 12.0 Å². The largest absolute Gasteiger partial charge is 0.494 e. The van der Waals surface area contributed by atoms with Crippen molar-refractivity contribution < 1.29 is 33.3 Å². The molecule has 1 aromatic rings. The van der Waals surface area contributed by atoms with Crippen LogP contribution in [0, 0.1) is 5.92 Å². The molecule has 1 aromatic carbocycles. The van der Waals surface area contributed by atoms with Crippen molar-refractivity contribution >= 4 is 11.9 Å². The van der Waals surface area contributed by atoms with E-state index in [1.165, 1.54) is 6.08 Å². The van der Waals surface area contributed by atoms with Gasteiger partial charge in [0.1, 0.15) is 11.9 Å². The first-order chi connectivity index (χ1) is 14.6. The normalized spacial score (nSPS) is 24.8. The number of esters is 2. The van der Waals surface area contributed by atoms with Gasteiger partial charge in [0.25, 0.3) is 0 Å². The molecule has 0 saturated carbocycles. The van der Waals surface area contributed by atoms with Crippen LogP contribution in [0.15, 0.2) is 36.9 Å². The number of carbonyl (C=O) groups excluding carboxylic acids is 2. The summed E-state index contributed by atoms with van der Waals surface area (Å²) in [6, 6.07) is 6.95. The van der Waals surface area contributed by atoms with Crippen molar-refractivity contribution in [3.8, 4) is 5.75 Å². The van der Waals surface area contributed by atoms with E-state index >= 15 is 0 Å². The van der Waals surface area contributed by atoms with Crippen LogP contribution in [0.1, 0.15) is 43.0 Å². The predicted molar refractivity (Wildman–Crippen MR) is 109 cm³/mol. The van der Waals surface area contributed by atoms with Gasteiger partial charge in [0.05, 0.1) is 38.1 Å². The van der Waals surface area contributed by atoms with Gasteiger partial charge < -0.3 is 23.7 Å². The van der Waals surface area contributed by atoms with E-state index in [0.717, 1.165) is 25.7 Å². The first kappa shape index (κ1) is 22.3. The van der Waals surface area contributed by atoms with Crippen LogP contribution in [0.2, 0.25) is 0 Å². The summed E-state index contributed by atoms with van der Waals surface area (Å²) in [4.78, 5) is 23.3. The Bertz CT molecular complexity index is 715. The molecule has 2 heterocycles. The fourth-order valence-electron chi connectivity index (χ4n) is 3.63. The number of carbonyl (C=O) groups is 2. The summed E-state index contributed by atoms with van der Waals surface area (Å²) in [7, 11) is 0. The average Bonchev–Trinajstić information content (AvgIpc) is 3.33. The molecular formula is C23H30O7. The third-order valence-corrected chi connectivity index (χ3v) is 5.32. The lowest BCUT2D eigenvalue weighted by Gasteiger charge is -2.17. The minimum atomic E-state index is -0.382. The predicted octanol–water partition coefficient (Wildman–Crippen LogP) is 3.31. The number of benzene rings is 1. The average molecular weight is 418 g/mol. The van der Waals surface area contributed by atoms with Gasteiger partial charge in [-0.05, 0) is 49.9 Å². The standard InChI is InChI=1S/C23H30O7/c1-3-20(24)27-13-7-5-4-6-12-26-18-10-8-17(9-11-18)23(25)30-19-15-29-21-16(2)14-28-22(19)21/h3,8-11,16,19,21-22H,1,4-7,12-15H2,2H3/t16-,19+,21?,22?/m0/s1. The van der Waals surface area contributed by atoms with Crippen molar-refractivity contribution in [3.63, 3.8) is 0 Å². The Morgan fingerprint density at radius 1 is 1.03 bits per heavy atom. The second-order valence-electron chi connectivity index (χ2n) is 7.68. The maximum atomic E-state index is 12.4. The zero-order valence-corrected chi connectivity index (χ0v) is 17.4. The fraction of sp³-hybridized carbons (Fsp3) is 0.565. The highest BCUT2D eigenvalue weighted by Gasteiger charge is 2.47. The molecule has 30 heavy (non-hydrogen) atoms. The molecule has 0 N–H and O–H groups in total. The molecule has 0 amide bonds. The van der Waals surface area contributed by atoms with E-state index in [1.807, 2.05) is 0 Å². The SMILES string of the molecule is C=CC(=O)OCCCCCCOc1ccc(C(=O)O[C@@H]2COC3C2OC[C@@H]3C)cc1. The molecule has 4 atom stereocenters. The molecule has 2 saturated heterocycles. The van der Waals surface area contributed by atoms with Crippen LogP contribution in [0.4, 0.5) is 0 Å². The van der Waals surface area contributed by atoms with Crippen LogP contribution in [-0.2, 0) is 23.7 Å². The summed E-state index contributed by atoms with van der Waals surface area (Å²) in [6.07, 6.45) is 4.35. The number of unbranched alkanes of at least 4 members (excludes halogenated alkanes) is 3. The summed E-state index contributed by atoms with van der Waals surface area (Å²) in [5, 5.41) is 0. The van der Waals surface area contributed by atoms with Gasteiger partial charge in [-0.1, -0.05) is 13.5 Å². The van der Waals surface area contributed by atoms with Crippen LogP contribution >= 0.6 is 0 Å². The molecule has 2 fully saturated rings. The molecule has 0 spiro atoms. The first-order valence-electron chi connectivity index (χ1n) is 10.5. The van der Waals surface area contributed by atoms with Gasteiger partial charge >= 0.3 is 11.9 Å². The smallest absolute Gasteiger partial charge is 0.338 e. The molecular weight excluding hydrogens is 388 g/mol. The maximum absolute atomic E-state index is 12.4. The van der Waals surface area contributed by atoms with Gasteiger partial charge in [-0.3, -0.25) is 0 Å². The molecule has 0 bridgehead atoms. The van der Waals surface area contributed by atoms with E-state index in [4.69, 9.17) is 23.7 Å². The van der Waals surface area contributed by atoms with Crippen molar-refractivity contribution in [2.45, 2.75) is 50.9 Å². The van der Waals surface area contributed by atoms with E-state index < -0.39 is 0 Å². The molecule has 164 valence electrons. The van der Waals surface area contributed by atoms with Crippen molar-refractivity contribution in [2.24, 2.45) is 5.92 Å². The van der Waals surface area contributed by atoms with E-state index in [-0.39, 0.29) is 30.3 Å². The Morgan fingerprint density at radius 3 is 2.47 bits per heavy atom. The van der Waals surface area contributed by atoms with Crippen LogP contribution < -0.4 is 4.74 Å². The van der Waals surface area contributed by atoms with Gasteiger partial charge in [-0.15, -0.1) is 0 Å². The van der Waals surface area contributed by atoms with Crippen molar-refractivity contribution in [1.29, 1.82) is 0 Å². The Morgan fingerprint density at radius 2 is 1.73 bits per heavy atom. The molecule has 2 unspecified atom stereocenters. The zero-order valence-electron chi connectivity index (χ0n) is 17.4. The van der Waals surface area contributed by atoms with E-state index in [1.54, 1.807) is 24.3 Å². The number of fused-ring (bicyclic) bond motifs is 1. The molecule has 7 heteroatoms. The fourth-order valence-corrected chi connectivity index (χ4v) is 3.63. The summed E-state index contributed by atoms with van der Waals surface area (Å²) in [5.41, 5.74) is 0.478. The third-order valence-electron chi connectivity index (χ3n) is 5.32. The monoisotopic (exact) mass is 418 g/mol. The van der Waals surface area contributed by atoms with Crippen molar-refractivity contribution in [2.75, 3.05) is 26.4 Å². The van der Waals surface area contributed by atoms with E-state index in [0.29, 0.717) is 43.7 Å². The molecule has 2 aliphatic rings. The molecule has 3 rings (SSSR count). The number of hydrogen-bond acceptors (Lipinski definition) is 7. The summed E-state index contributed by atoms with van der Waals surface area (Å²) >= 11 is 0. The highest BCUT2D eigenvalue weighted by molar-refractivity contribution is 5.89. The Labute approximate surface area is 177 Å². The quantitative estimate of drug-likeness (QED) is 0.310. The van der Waals surface area contributed by atoms with Crippen molar-refractivity contribution in [1.82, 2.24) is 0 Å². The third kappa shape index (κ3) is 6.06. The van der Waals surface area contributed by atoms with Crippen LogP contribution in [0.25, 0.3) is 0 Å². The van der Waals surface area contributed by atoms with E-state index in [9.17, 15) is 9.59 Å².